The zero-order valence-corrected chi connectivity index (χ0v) is 8.67. The van der Waals surface area contributed by atoms with Gasteiger partial charge in [0.15, 0.2) is 6.04 Å². The molecular formula is C13H13N2+. The summed E-state index contributed by atoms with van der Waals surface area (Å²) in [5, 5.41) is 2.32. The number of benzene rings is 1. The minimum Gasteiger partial charge on any atom is -0.264 e. The lowest BCUT2D eigenvalue weighted by atomic mass is 10.0. The number of para-hydroxylation sites is 2. The van der Waals surface area contributed by atoms with Gasteiger partial charge in [-0.3, -0.25) is 4.99 Å². The Labute approximate surface area is 88.6 Å². The van der Waals surface area contributed by atoms with E-state index in [0.717, 1.165) is 5.36 Å². The van der Waals surface area contributed by atoms with Gasteiger partial charge in [0.2, 0.25) is 5.36 Å². The van der Waals surface area contributed by atoms with E-state index in [0.29, 0.717) is 6.04 Å². The quantitative estimate of drug-likeness (QED) is 0.532. The molecule has 15 heavy (non-hydrogen) atoms. The van der Waals surface area contributed by atoms with Gasteiger partial charge < -0.3 is 0 Å². The Kier molecular flexibility index (Phi) is 1.81. The van der Waals surface area contributed by atoms with Gasteiger partial charge in [0.05, 0.1) is 0 Å². The van der Waals surface area contributed by atoms with Gasteiger partial charge in [-0.1, -0.05) is 30.4 Å². The van der Waals surface area contributed by atoms with Gasteiger partial charge in [-0.05, 0) is 12.1 Å². The summed E-state index contributed by atoms with van der Waals surface area (Å²) in [6.45, 7) is 0. The maximum atomic E-state index is 4.74. The summed E-state index contributed by atoms with van der Waals surface area (Å²) in [5.41, 5.74) is 0. The van der Waals surface area contributed by atoms with Crippen molar-refractivity contribution in [2.24, 2.45) is 4.99 Å². The molecule has 0 radical (unpaired) electrons. The topological polar surface area (TPSA) is 15.4 Å². The zero-order valence-electron chi connectivity index (χ0n) is 8.67. The Bertz CT molecular complexity index is 566. The Hall–Kier alpha value is -1.70. The minimum absolute atomic E-state index is 0.273. The molecule has 0 aromatic heterocycles. The van der Waals surface area contributed by atoms with Crippen LogP contribution in [0.5, 0.6) is 0 Å². The number of rotatable bonds is 0. The molecule has 0 N–H and O–H groups in total. The van der Waals surface area contributed by atoms with Crippen LogP contribution in [0.1, 0.15) is 0 Å². The maximum Gasteiger partial charge on any atom is 0.225 e. The molecule has 2 heteroatoms. The van der Waals surface area contributed by atoms with E-state index in [1.807, 2.05) is 6.07 Å². The number of nitrogens with zero attached hydrogens (tertiary/aromatic N) is 2. The van der Waals surface area contributed by atoms with E-state index >= 15 is 0 Å². The van der Waals surface area contributed by atoms with Crippen LogP contribution in [-0.2, 0) is 0 Å². The molecule has 1 heterocycles. The Balaban J connectivity index is 2.34. The van der Waals surface area contributed by atoms with E-state index in [2.05, 4.69) is 54.1 Å². The van der Waals surface area contributed by atoms with Crippen LogP contribution in [0.25, 0.3) is 0 Å². The minimum atomic E-state index is 0.273. The fourth-order valence-corrected chi connectivity index (χ4v) is 2.25. The molecule has 0 saturated heterocycles. The first kappa shape index (κ1) is 8.60. The fraction of sp³-hybridized carbons (Fsp3) is 0.231. The standard InChI is InChI=1S/C13H13N2/c1-15-12-8-4-2-6-10(12)14-11-7-3-5-9-13(11)15/h2-10,12H,1H3/q+1. The zero-order chi connectivity index (χ0) is 10.3. The predicted octanol–water partition coefficient (Wildman–Crippen LogP) is 0.304. The smallest absolute Gasteiger partial charge is 0.225 e. The largest absolute Gasteiger partial charge is 0.264 e. The average molecular weight is 197 g/mol. The number of fused-ring (bicyclic) bond motifs is 2. The summed E-state index contributed by atoms with van der Waals surface area (Å²) < 4.78 is 2.30. The van der Waals surface area contributed by atoms with E-state index in [4.69, 9.17) is 4.99 Å². The van der Waals surface area contributed by atoms with Crippen molar-refractivity contribution in [3.8, 4) is 0 Å². The highest BCUT2D eigenvalue weighted by Crippen LogP contribution is 2.10. The first-order valence-corrected chi connectivity index (χ1v) is 5.24. The molecule has 2 atom stereocenters. The molecular weight excluding hydrogens is 184 g/mol. The highest BCUT2D eigenvalue weighted by molar-refractivity contribution is 5.23. The Morgan fingerprint density at radius 1 is 1.13 bits per heavy atom. The summed E-state index contributed by atoms with van der Waals surface area (Å²) in [6.07, 6.45) is 8.55. The molecule has 0 bridgehead atoms. The van der Waals surface area contributed by atoms with Crippen molar-refractivity contribution in [1.82, 2.24) is 4.58 Å². The van der Waals surface area contributed by atoms with Crippen molar-refractivity contribution in [2.75, 3.05) is 7.05 Å². The lowest BCUT2D eigenvalue weighted by molar-refractivity contribution is 0.487. The summed E-state index contributed by atoms with van der Waals surface area (Å²) >= 11 is 0. The molecule has 74 valence electrons. The third-order valence-electron chi connectivity index (χ3n) is 3.07. The first-order chi connectivity index (χ1) is 7.36. The molecule has 0 amide bonds. The first-order valence-electron chi connectivity index (χ1n) is 5.24. The van der Waals surface area contributed by atoms with Crippen LogP contribution in [0.2, 0.25) is 0 Å². The van der Waals surface area contributed by atoms with E-state index in [-0.39, 0.29) is 6.04 Å². The number of allylic oxidation sites excluding steroid dienone is 2. The van der Waals surface area contributed by atoms with Crippen molar-refractivity contribution in [2.45, 2.75) is 12.1 Å². The van der Waals surface area contributed by atoms with Crippen molar-refractivity contribution in [1.29, 1.82) is 0 Å². The van der Waals surface area contributed by atoms with Gasteiger partial charge in [-0.15, -0.1) is 0 Å². The summed E-state index contributed by atoms with van der Waals surface area (Å²) in [5.74, 6) is 0. The SMILES string of the molecule is C[N+]1=c2ccccc2=NC2C=CC=CC21. The van der Waals surface area contributed by atoms with Crippen LogP contribution in [0.4, 0.5) is 0 Å². The average Bonchev–Trinajstić information content (AvgIpc) is 2.30. The molecule has 1 aromatic carbocycles. The second-order valence-corrected chi connectivity index (χ2v) is 3.98. The van der Waals surface area contributed by atoms with E-state index in [1.54, 1.807) is 0 Å². The van der Waals surface area contributed by atoms with Crippen molar-refractivity contribution < 1.29 is 0 Å². The lowest BCUT2D eigenvalue weighted by Crippen LogP contribution is -2.52. The highest BCUT2D eigenvalue weighted by atomic mass is 15.1. The third-order valence-corrected chi connectivity index (χ3v) is 3.07. The van der Waals surface area contributed by atoms with Gasteiger partial charge in [-0.2, -0.15) is 0 Å². The van der Waals surface area contributed by atoms with Gasteiger partial charge in [0.1, 0.15) is 18.4 Å². The Morgan fingerprint density at radius 3 is 2.87 bits per heavy atom. The summed E-state index contributed by atoms with van der Waals surface area (Å²) in [6, 6.07) is 8.96. The lowest BCUT2D eigenvalue weighted by Gasteiger charge is -2.19. The summed E-state index contributed by atoms with van der Waals surface area (Å²) in [7, 11) is 2.13. The van der Waals surface area contributed by atoms with Crippen LogP contribution < -0.4 is 15.3 Å². The number of likely N-dealkylation sites (N-methyl/N-ethyl adjacent to an activating group) is 1. The molecule has 3 rings (SSSR count). The van der Waals surface area contributed by atoms with Crippen LogP contribution in [0.15, 0.2) is 53.6 Å². The molecule has 2 nitrogen and oxygen atoms in total. The fourth-order valence-electron chi connectivity index (χ4n) is 2.25. The van der Waals surface area contributed by atoms with Gasteiger partial charge in [0, 0.05) is 6.07 Å². The van der Waals surface area contributed by atoms with Crippen LogP contribution in [0.3, 0.4) is 0 Å². The predicted molar refractivity (Wildman–Crippen MR) is 60.2 cm³/mol. The second kappa shape index (κ2) is 3.16. The van der Waals surface area contributed by atoms with Crippen molar-refractivity contribution in [3.05, 3.63) is 59.3 Å². The van der Waals surface area contributed by atoms with Crippen LogP contribution >= 0.6 is 0 Å². The van der Waals surface area contributed by atoms with Crippen LogP contribution in [-0.4, -0.2) is 19.1 Å². The molecule has 1 aliphatic carbocycles. The second-order valence-electron chi connectivity index (χ2n) is 3.98. The molecule has 0 spiro atoms. The molecule has 1 aliphatic heterocycles. The monoisotopic (exact) mass is 197 g/mol. The van der Waals surface area contributed by atoms with Crippen molar-refractivity contribution in [3.63, 3.8) is 0 Å². The number of hydrogen-bond acceptors (Lipinski definition) is 1. The molecule has 0 fully saturated rings. The molecule has 1 aromatic rings. The van der Waals surface area contributed by atoms with Gasteiger partial charge in [-0.25, -0.2) is 4.58 Å². The van der Waals surface area contributed by atoms with Crippen molar-refractivity contribution >= 4 is 0 Å². The van der Waals surface area contributed by atoms with Gasteiger partial charge in [0.25, 0.3) is 0 Å². The summed E-state index contributed by atoms with van der Waals surface area (Å²) in [4.78, 5) is 4.74. The van der Waals surface area contributed by atoms with Crippen LogP contribution in [0, 0.1) is 0 Å². The Morgan fingerprint density at radius 2 is 1.93 bits per heavy atom. The van der Waals surface area contributed by atoms with E-state index in [9.17, 15) is 0 Å². The molecule has 2 unspecified atom stereocenters. The normalized spacial score (nSPS) is 26.9. The molecule has 0 saturated carbocycles. The van der Waals surface area contributed by atoms with E-state index in [1.165, 1.54) is 5.36 Å². The van der Waals surface area contributed by atoms with E-state index < -0.39 is 0 Å². The third kappa shape index (κ3) is 1.25. The molecule has 2 aliphatic rings. The highest BCUT2D eigenvalue weighted by Gasteiger charge is 2.28. The maximum absolute atomic E-state index is 4.74. The van der Waals surface area contributed by atoms with Gasteiger partial charge >= 0.3 is 0 Å². The number of hydrogen-bond donors (Lipinski definition) is 0.